The summed E-state index contributed by atoms with van der Waals surface area (Å²) in [5, 5.41) is 8.68. The van der Waals surface area contributed by atoms with Gasteiger partial charge in [0.2, 0.25) is 15.9 Å². The molecule has 24 heavy (non-hydrogen) atoms. The molecule has 128 valence electrons. The molecular formula is C16H17FN2O4S. The van der Waals surface area contributed by atoms with Crippen molar-refractivity contribution < 1.29 is 22.8 Å². The van der Waals surface area contributed by atoms with E-state index in [2.05, 4.69) is 4.72 Å². The van der Waals surface area contributed by atoms with Gasteiger partial charge in [-0.05, 0) is 36.8 Å². The van der Waals surface area contributed by atoms with Crippen LogP contribution in [-0.2, 0) is 14.8 Å². The third kappa shape index (κ3) is 4.60. The van der Waals surface area contributed by atoms with Crippen LogP contribution in [0.25, 0.3) is 0 Å². The first-order valence-corrected chi connectivity index (χ1v) is 8.57. The van der Waals surface area contributed by atoms with Crippen molar-refractivity contribution in [2.24, 2.45) is 0 Å². The number of hydrogen-bond donors (Lipinski definition) is 3. The number of carbonyl (C=O) groups excluding carboxylic acids is 1. The molecule has 8 heteroatoms. The Morgan fingerprint density at radius 1 is 1.12 bits per heavy atom. The molecule has 3 N–H and O–H groups in total. The summed E-state index contributed by atoms with van der Waals surface area (Å²) in [7, 11) is -3.89. The number of hydrogen-bond acceptors (Lipinski definition) is 4. The molecule has 0 aliphatic rings. The van der Waals surface area contributed by atoms with Gasteiger partial charge in [0.1, 0.15) is 5.82 Å². The summed E-state index contributed by atoms with van der Waals surface area (Å²) in [5.41, 5.74) is 2.77. The molecule has 1 amide bonds. The van der Waals surface area contributed by atoms with Gasteiger partial charge < -0.3 is 0 Å². The van der Waals surface area contributed by atoms with Gasteiger partial charge in [-0.3, -0.25) is 10.0 Å². The van der Waals surface area contributed by atoms with Gasteiger partial charge in [0.25, 0.3) is 0 Å². The number of carbonyl (C=O) groups is 1. The summed E-state index contributed by atoms with van der Waals surface area (Å²) >= 11 is 0. The molecule has 2 aromatic rings. The number of rotatable bonds is 6. The lowest BCUT2D eigenvalue weighted by atomic mass is 10.0. The number of halogens is 1. The minimum absolute atomic E-state index is 0.0459. The minimum Gasteiger partial charge on any atom is -0.289 e. The summed E-state index contributed by atoms with van der Waals surface area (Å²) in [6.45, 7) is 1.83. The normalized spacial score (nSPS) is 12.6. The molecule has 0 fully saturated rings. The highest BCUT2D eigenvalue weighted by atomic mass is 32.2. The van der Waals surface area contributed by atoms with Crippen molar-refractivity contribution in [2.75, 3.05) is 0 Å². The van der Waals surface area contributed by atoms with Crippen LogP contribution in [0.2, 0.25) is 0 Å². The van der Waals surface area contributed by atoms with Crippen molar-refractivity contribution in [3.8, 4) is 0 Å². The van der Waals surface area contributed by atoms with E-state index in [4.69, 9.17) is 5.21 Å². The minimum atomic E-state index is -3.89. The van der Waals surface area contributed by atoms with E-state index in [9.17, 15) is 17.6 Å². The first-order valence-electron chi connectivity index (χ1n) is 7.09. The molecule has 2 aromatic carbocycles. The van der Waals surface area contributed by atoms with E-state index in [-0.39, 0.29) is 11.3 Å². The van der Waals surface area contributed by atoms with Gasteiger partial charge in [0, 0.05) is 6.42 Å². The molecule has 0 bridgehead atoms. The van der Waals surface area contributed by atoms with Crippen molar-refractivity contribution in [2.45, 2.75) is 24.3 Å². The van der Waals surface area contributed by atoms with Crippen LogP contribution in [0.3, 0.4) is 0 Å². The molecular weight excluding hydrogens is 335 g/mol. The predicted octanol–water partition coefficient (Wildman–Crippen LogP) is 2.05. The Morgan fingerprint density at radius 3 is 2.25 bits per heavy atom. The Hall–Kier alpha value is -2.29. The van der Waals surface area contributed by atoms with E-state index in [0.29, 0.717) is 5.56 Å². The number of benzene rings is 2. The maximum atomic E-state index is 13.1. The van der Waals surface area contributed by atoms with Crippen molar-refractivity contribution in [1.29, 1.82) is 0 Å². The fourth-order valence-corrected chi connectivity index (χ4v) is 3.35. The highest BCUT2D eigenvalue weighted by molar-refractivity contribution is 7.89. The molecule has 0 radical (unpaired) electrons. The van der Waals surface area contributed by atoms with E-state index >= 15 is 0 Å². The molecule has 1 unspecified atom stereocenters. The van der Waals surface area contributed by atoms with Gasteiger partial charge in [0.05, 0.1) is 10.9 Å². The van der Waals surface area contributed by atoms with Crippen molar-refractivity contribution in [1.82, 2.24) is 10.2 Å². The largest absolute Gasteiger partial charge is 0.289 e. The van der Waals surface area contributed by atoms with Crippen LogP contribution < -0.4 is 10.2 Å². The van der Waals surface area contributed by atoms with Gasteiger partial charge in [-0.2, -0.15) is 0 Å². The average molecular weight is 352 g/mol. The Labute approximate surface area is 139 Å². The predicted molar refractivity (Wildman–Crippen MR) is 85.2 cm³/mol. The molecule has 0 saturated carbocycles. The van der Waals surface area contributed by atoms with E-state index < -0.39 is 27.8 Å². The number of nitrogens with one attached hydrogen (secondary N) is 2. The van der Waals surface area contributed by atoms with E-state index in [1.54, 1.807) is 12.1 Å². The molecule has 0 aromatic heterocycles. The van der Waals surface area contributed by atoms with Gasteiger partial charge in [-0.25, -0.2) is 23.0 Å². The van der Waals surface area contributed by atoms with Gasteiger partial charge in [-0.1, -0.05) is 29.8 Å². The molecule has 2 rings (SSSR count). The van der Waals surface area contributed by atoms with Crippen molar-refractivity contribution >= 4 is 15.9 Å². The zero-order valence-corrected chi connectivity index (χ0v) is 13.7. The lowest BCUT2D eigenvalue weighted by Crippen LogP contribution is -2.33. The topological polar surface area (TPSA) is 95.5 Å². The summed E-state index contributed by atoms with van der Waals surface area (Å²) in [4.78, 5) is 11.5. The maximum Gasteiger partial charge on any atom is 0.245 e. The Morgan fingerprint density at radius 2 is 1.71 bits per heavy atom. The third-order valence-electron chi connectivity index (χ3n) is 3.42. The molecule has 0 spiro atoms. The maximum absolute atomic E-state index is 13.1. The zero-order chi connectivity index (χ0) is 17.7. The SMILES string of the molecule is Cc1ccc(S(=O)(=O)NC(CC(=O)NO)c2ccc(F)cc2)cc1. The summed E-state index contributed by atoms with van der Waals surface area (Å²) in [6.07, 6.45) is -0.340. The molecule has 1 atom stereocenters. The second-order valence-corrected chi connectivity index (χ2v) is 6.99. The van der Waals surface area contributed by atoms with Crippen LogP contribution in [0, 0.1) is 12.7 Å². The summed E-state index contributed by atoms with van der Waals surface area (Å²) in [6, 6.07) is 10.3. The standard InChI is InChI=1S/C16H17FN2O4S/c1-11-2-8-14(9-3-11)24(22,23)19-15(10-16(20)18-21)12-4-6-13(17)7-5-12/h2-9,15,19,21H,10H2,1H3,(H,18,20). The second-order valence-electron chi connectivity index (χ2n) is 5.28. The molecule has 0 aliphatic carbocycles. The average Bonchev–Trinajstić information content (AvgIpc) is 2.55. The van der Waals surface area contributed by atoms with Crippen LogP contribution in [0.15, 0.2) is 53.4 Å². The lowest BCUT2D eigenvalue weighted by Gasteiger charge is -2.18. The smallest absolute Gasteiger partial charge is 0.245 e. The fourth-order valence-electron chi connectivity index (χ4n) is 2.13. The number of aryl methyl sites for hydroxylation is 1. The van der Waals surface area contributed by atoms with Crippen LogP contribution in [0.5, 0.6) is 0 Å². The van der Waals surface area contributed by atoms with Crippen LogP contribution in [0.1, 0.15) is 23.6 Å². The Bertz CT molecular complexity index is 805. The fraction of sp³-hybridized carbons (Fsp3) is 0.188. The van der Waals surface area contributed by atoms with E-state index in [0.717, 1.165) is 5.56 Å². The quantitative estimate of drug-likeness (QED) is 0.548. The first-order chi connectivity index (χ1) is 11.3. The Balaban J connectivity index is 2.31. The highest BCUT2D eigenvalue weighted by Crippen LogP contribution is 2.21. The van der Waals surface area contributed by atoms with Gasteiger partial charge in [-0.15, -0.1) is 0 Å². The molecule has 6 nitrogen and oxygen atoms in total. The zero-order valence-electron chi connectivity index (χ0n) is 12.9. The van der Waals surface area contributed by atoms with Crippen LogP contribution in [-0.4, -0.2) is 19.5 Å². The lowest BCUT2D eigenvalue weighted by molar-refractivity contribution is -0.129. The molecule has 0 aliphatic heterocycles. The second kappa shape index (κ2) is 7.52. The third-order valence-corrected chi connectivity index (χ3v) is 4.90. The highest BCUT2D eigenvalue weighted by Gasteiger charge is 2.23. The molecule has 0 saturated heterocycles. The van der Waals surface area contributed by atoms with Crippen LogP contribution in [0.4, 0.5) is 4.39 Å². The van der Waals surface area contributed by atoms with Gasteiger partial charge in [0.15, 0.2) is 0 Å². The Kier molecular flexibility index (Phi) is 5.66. The first kappa shape index (κ1) is 18.1. The monoisotopic (exact) mass is 352 g/mol. The van der Waals surface area contributed by atoms with E-state index in [1.807, 2.05) is 6.92 Å². The van der Waals surface area contributed by atoms with E-state index in [1.165, 1.54) is 41.9 Å². The van der Waals surface area contributed by atoms with Crippen LogP contribution >= 0.6 is 0 Å². The van der Waals surface area contributed by atoms with Crippen molar-refractivity contribution in [3.63, 3.8) is 0 Å². The summed E-state index contributed by atoms with van der Waals surface area (Å²) < 4.78 is 40.4. The number of hydroxylamine groups is 1. The number of amides is 1. The van der Waals surface area contributed by atoms with Gasteiger partial charge >= 0.3 is 0 Å². The van der Waals surface area contributed by atoms with Crippen molar-refractivity contribution in [3.05, 3.63) is 65.5 Å². The number of sulfonamides is 1. The molecule has 0 heterocycles. The summed E-state index contributed by atoms with van der Waals surface area (Å²) in [5.74, 6) is -1.25.